The summed E-state index contributed by atoms with van der Waals surface area (Å²) in [7, 11) is 1.82. The average Bonchev–Trinajstić information content (AvgIpc) is 3.26. The molecule has 1 unspecified atom stereocenters. The highest BCUT2D eigenvalue weighted by Gasteiger charge is 2.23. The Hall–Kier alpha value is -2.53. The summed E-state index contributed by atoms with van der Waals surface area (Å²) in [5.41, 5.74) is 2.60. The third-order valence-corrected chi connectivity index (χ3v) is 5.32. The molecule has 0 aliphatic carbocycles. The Morgan fingerprint density at radius 3 is 2.43 bits per heavy atom. The summed E-state index contributed by atoms with van der Waals surface area (Å²) in [6.07, 6.45) is 4.56. The fourth-order valence-electron chi connectivity index (χ4n) is 3.76. The third-order valence-electron chi connectivity index (χ3n) is 5.32. The van der Waals surface area contributed by atoms with E-state index in [9.17, 15) is 5.11 Å². The summed E-state index contributed by atoms with van der Waals surface area (Å²) in [4.78, 5) is 6.95. The Labute approximate surface area is 168 Å². The van der Waals surface area contributed by atoms with Crippen molar-refractivity contribution in [1.29, 1.82) is 0 Å². The molecule has 1 atom stereocenters. The molecule has 0 bridgehead atoms. The van der Waals surface area contributed by atoms with Crippen molar-refractivity contribution in [1.82, 2.24) is 15.5 Å². The molecule has 0 spiro atoms. The smallest absolute Gasteiger partial charge is 0.191 e. The van der Waals surface area contributed by atoms with Crippen molar-refractivity contribution in [3.63, 3.8) is 0 Å². The number of guanidine groups is 1. The summed E-state index contributed by atoms with van der Waals surface area (Å²) >= 11 is 0. The van der Waals surface area contributed by atoms with Crippen LogP contribution in [-0.2, 0) is 6.42 Å². The molecule has 1 saturated heterocycles. The number of benzene rings is 2. The first-order valence-electron chi connectivity index (χ1n) is 10.3. The molecule has 0 amide bonds. The van der Waals surface area contributed by atoms with Gasteiger partial charge in [0.25, 0.3) is 0 Å². The number of aromatic hydroxyl groups is 1. The van der Waals surface area contributed by atoms with Gasteiger partial charge in [0.1, 0.15) is 5.75 Å². The zero-order valence-electron chi connectivity index (χ0n) is 16.8. The maximum Gasteiger partial charge on any atom is 0.191 e. The van der Waals surface area contributed by atoms with Crippen LogP contribution in [0.5, 0.6) is 5.75 Å². The van der Waals surface area contributed by atoms with Gasteiger partial charge in [-0.25, -0.2) is 0 Å². The van der Waals surface area contributed by atoms with Crippen LogP contribution >= 0.6 is 0 Å². The zero-order valence-corrected chi connectivity index (χ0v) is 16.8. The summed E-state index contributed by atoms with van der Waals surface area (Å²) in [5, 5.41) is 16.3. The second-order valence-electron chi connectivity index (χ2n) is 7.32. The van der Waals surface area contributed by atoms with Crippen molar-refractivity contribution in [2.24, 2.45) is 4.99 Å². The van der Waals surface area contributed by atoms with Gasteiger partial charge in [-0.2, -0.15) is 0 Å². The minimum absolute atomic E-state index is 0.317. The number of aryl methyl sites for hydroxylation is 1. The molecule has 28 heavy (non-hydrogen) atoms. The zero-order chi connectivity index (χ0) is 19.6. The molecule has 5 heteroatoms. The summed E-state index contributed by atoms with van der Waals surface area (Å²) in [6.45, 7) is 4.04. The molecule has 1 fully saturated rings. The number of rotatable bonds is 8. The second-order valence-corrected chi connectivity index (χ2v) is 7.32. The van der Waals surface area contributed by atoms with Crippen LogP contribution in [0.3, 0.4) is 0 Å². The molecule has 0 radical (unpaired) electrons. The molecule has 150 valence electrons. The first kappa shape index (κ1) is 20.2. The maximum absolute atomic E-state index is 9.36. The Balaban J connectivity index is 1.46. The fraction of sp³-hybridized carbons (Fsp3) is 0.435. The van der Waals surface area contributed by atoms with Crippen molar-refractivity contribution in [3.05, 3.63) is 65.7 Å². The largest absolute Gasteiger partial charge is 0.508 e. The molecule has 1 heterocycles. The molecular formula is C23H32N4O. The summed E-state index contributed by atoms with van der Waals surface area (Å²) in [5.74, 6) is 1.17. The van der Waals surface area contributed by atoms with E-state index in [1.807, 2.05) is 19.2 Å². The van der Waals surface area contributed by atoms with E-state index in [-0.39, 0.29) is 0 Å². The lowest BCUT2D eigenvalue weighted by atomic mass is 10.1. The molecule has 3 rings (SSSR count). The molecule has 5 nitrogen and oxygen atoms in total. The molecule has 0 aromatic heterocycles. The van der Waals surface area contributed by atoms with Gasteiger partial charge >= 0.3 is 0 Å². The van der Waals surface area contributed by atoms with Gasteiger partial charge in [0.2, 0.25) is 0 Å². The van der Waals surface area contributed by atoms with Gasteiger partial charge in [-0.3, -0.25) is 9.89 Å². The van der Waals surface area contributed by atoms with E-state index in [1.165, 1.54) is 37.1 Å². The highest BCUT2D eigenvalue weighted by Crippen LogP contribution is 2.24. The van der Waals surface area contributed by atoms with Crippen LogP contribution in [0, 0.1) is 0 Å². The third kappa shape index (κ3) is 5.99. The van der Waals surface area contributed by atoms with E-state index in [4.69, 9.17) is 0 Å². The topological polar surface area (TPSA) is 59.9 Å². The quantitative estimate of drug-likeness (QED) is 0.373. The second kappa shape index (κ2) is 10.7. The lowest BCUT2D eigenvalue weighted by Crippen LogP contribution is -2.43. The fourth-order valence-corrected chi connectivity index (χ4v) is 3.76. The van der Waals surface area contributed by atoms with Crippen molar-refractivity contribution >= 4 is 5.96 Å². The predicted octanol–water partition coefficient (Wildman–Crippen LogP) is 3.33. The number of aliphatic imine (C=N–C) groups is 1. The molecule has 1 aliphatic rings. The normalized spacial score (nSPS) is 16.1. The van der Waals surface area contributed by atoms with E-state index < -0.39 is 0 Å². The highest BCUT2D eigenvalue weighted by atomic mass is 16.3. The Kier molecular flexibility index (Phi) is 7.73. The SMILES string of the molecule is CN=C(NCCCc1ccc(O)cc1)NCC(c1ccccc1)N1CCCC1. The Bertz CT molecular complexity index is 724. The van der Waals surface area contributed by atoms with Crippen molar-refractivity contribution < 1.29 is 5.11 Å². The predicted molar refractivity (Wildman–Crippen MR) is 116 cm³/mol. The number of nitrogens with zero attached hydrogens (tertiary/aromatic N) is 2. The highest BCUT2D eigenvalue weighted by molar-refractivity contribution is 5.79. The number of nitrogens with one attached hydrogen (secondary N) is 2. The van der Waals surface area contributed by atoms with Crippen LogP contribution in [0.2, 0.25) is 0 Å². The van der Waals surface area contributed by atoms with Gasteiger partial charge in [0.15, 0.2) is 5.96 Å². The minimum atomic E-state index is 0.317. The Morgan fingerprint density at radius 2 is 1.75 bits per heavy atom. The van der Waals surface area contributed by atoms with Crippen LogP contribution in [-0.4, -0.2) is 49.2 Å². The van der Waals surface area contributed by atoms with Crippen LogP contribution < -0.4 is 10.6 Å². The molecular weight excluding hydrogens is 348 g/mol. The number of likely N-dealkylation sites (tertiary alicyclic amines) is 1. The van der Waals surface area contributed by atoms with E-state index in [0.717, 1.165) is 31.9 Å². The molecule has 0 saturated carbocycles. The van der Waals surface area contributed by atoms with Crippen LogP contribution in [0.15, 0.2) is 59.6 Å². The van der Waals surface area contributed by atoms with Gasteiger partial charge in [0, 0.05) is 20.1 Å². The monoisotopic (exact) mass is 380 g/mol. The van der Waals surface area contributed by atoms with Gasteiger partial charge in [-0.05, 0) is 62.0 Å². The number of phenols is 1. The minimum Gasteiger partial charge on any atom is -0.508 e. The first-order valence-corrected chi connectivity index (χ1v) is 10.3. The summed E-state index contributed by atoms with van der Waals surface area (Å²) in [6, 6.07) is 18.6. The first-order chi connectivity index (χ1) is 13.8. The van der Waals surface area contributed by atoms with Gasteiger partial charge in [-0.1, -0.05) is 42.5 Å². The van der Waals surface area contributed by atoms with Gasteiger partial charge < -0.3 is 15.7 Å². The molecule has 1 aliphatic heterocycles. The molecule has 3 N–H and O–H groups in total. The summed E-state index contributed by atoms with van der Waals surface area (Å²) < 4.78 is 0. The van der Waals surface area contributed by atoms with Crippen LogP contribution in [0.4, 0.5) is 0 Å². The van der Waals surface area contributed by atoms with E-state index >= 15 is 0 Å². The number of phenolic OH excluding ortho intramolecular Hbond substituents is 1. The number of hydrogen-bond acceptors (Lipinski definition) is 3. The Morgan fingerprint density at radius 1 is 1.04 bits per heavy atom. The van der Waals surface area contributed by atoms with Crippen LogP contribution in [0.1, 0.15) is 36.4 Å². The average molecular weight is 381 g/mol. The standard InChI is InChI=1S/C23H32N4O/c1-24-23(25-15-7-8-19-11-13-21(28)14-12-19)26-18-22(27-16-5-6-17-27)20-9-3-2-4-10-20/h2-4,9-14,22,28H,5-8,15-18H2,1H3,(H2,24,25,26). The number of hydrogen-bond donors (Lipinski definition) is 3. The lowest BCUT2D eigenvalue weighted by molar-refractivity contribution is 0.245. The van der Waals surface area contributed by atoms with Crippen molar-refractivity contribution in [2.45, 2.75) is 31.7 Å². The molecule has 2 aromatic carbocycles. The van der Waals surface area contributed by atoms with E-state index in [0.29, 0.717) is 11.8 Å². The van der Waals surface area contributed by atoms with E-state index in [1.54, 1.807) is 12.1 Å². The van der Waals surface area contributed by atoms with E-state index in [2.05, 4.69) is 50.9 Å². The van der Waals surface area contributed by atoms with Crippen LogP contribution in [0.25, 0.3) is 0 Å². The molecule has 2 aromatic rings. The lowest BCUT2D eigenvalue weighted by Gasteiger charge is -2.29. The van der Waals surface area contributed by atoms with Crippen molar-refractivity contribution in [3.8, 4) is 5.75 Å². The van der Waals surface area contributed by atoms with Crippen molar-refractivity contribution in [2.75, 3.05) is 33.2 Å². The van der Waals surface area contributed by atoms with Gasteiger partial charge in [-0.15, -0.1) is 0 Å². The maximum atomic E-state index is 9.36. The van der Waals surface area contributed by atoms with Gasteiger partial charge in [0.05, 0.1) is 6.04 Å².